The number of aliphatic imine (C=N–C) groups is 2. The molecule has 0 fully saturated rings. The van der Waals surface area contributed by atoms with Gasteiger partial charge in [-0.1, -0.05) is 60.2 Å². The van der Waals surface area contributed by atoms with E-state index in [9.17, 15) is 0 Å². The van der Waals surface area contributed by atoms with Gasteiger partial charge in [0, 0.05) is 0 Å². The summed E-state index contributed by atoms with van der Waals surface area (Å²) in [5.74, 6) is 0. The van der Waals surface area contributed by atoms with Crippen molar-refractivity contribution in [1.29, 1.82) is 0 Å². The Morgan fingerprint density at radius 3 is 1.75 bits per heavy atom. The fourth-order valence-electron chi connectivity index (χ4n) is 2.99. The first-order valence-corrected chi connectivity index (χ1v) is 8.72. The summed E-state index contributed by atoms with van der Waals surface area (Å²) in [5, 5.41) is 0. The molecule has 2 atom stereocenters. The van der Waals surface area contributed by atoms with Gasteiger partial charge in [0.2, 0.25) is 0 Å². The van der Waals surface area contributed by atoms with Gasteiger partial charge in [0.25, 0.3) is 0 Å². The van der Waals surface area contributed by atoms with Gasteiger partial charge in [-0.2, -0.15) is 0 Å². The van der Waals surface area contributed by atoms with E-state index in [0.29, 0.717) is 0 Å². The molecule has 0 aromatic heterocycles. The number of rotatable bonds is 10. The summed E-state index contributed by atoms with van der Waals surface area (Å²) in [6.07, 6.45) is 5.14. The Balaban J connectivity index is 1.78. The first-order valence-electron chi connectivity index (χ1n) is 8.72. The molecular formula is C22H28N2. The molecule has 0 radical (unpaired) electrons. The van der Waals surface area contributed by atoms with Gasteiger partial charge in [-0.05, 0) is 63.6 Å². The molecular weight excluding hydrogens is 292 g/mol. The molecule has 126 valence electrons. The molecule has 0 spiro atoms. The van der Waals surface area contributed by atoms with Crippen LogP contribution < -0.4 is 0 Å². The number of hydrogen-bond donors (Lipinski definition) is 0. The third kappa shape index (κ3) is 6.11. The largest absolute Gasteiger partial charge is 0.297 e. The Hall–Kier alpha value is -2.22. The zero-order chi connectivity index (χ0) is 17.2. The minimum atomic E-state index is 0.287. The summed E-state index contributed by atoms with van der Waals surface area (Å²) in [7, 11) is 0. The number of nitrogens with zero attached hydrogens (tertiary/aromatic N) is 2. The van der Waals surface area contributed by atoms with Gasteiger partial charge >= 0.3 is 0 Å². The third-order valence-electron chi connectivity index (χ3n) is 4.50. The normalized spacial score (nSPS) is 13.2. The molecule has 2 aromatic rings. The molecule has 2 unspecified atom stereocenters. The Morgan fingerprint density at radius 1 is 0.750 bits per heavy atom. The Morgan fingerprint density at radius 2 is 1.25 bits per heavy atom. The lowest BCUT2D eigenvalue weighted by atomic mass is 9.97. The van der Waals surface area contributed by atoms with Gasteiger partial charge in [-0.15, -0.1) is 0 Å². The van der Waals surface area contributed by atoms with Gasteiger partial charge in [-0.25, -0.2) is 0 Å². The van der Waals surface area contributed by atoms with Crippen molar-refractivity contribution in [3.05, 3.63) is 71.3 Å². The zero-order valence-corrected chi connectivity index (χ0v) is 14.7. The molecule has 2 rings (SSSR count). The molecule has 2 aromatic carbocycles. The lowest BCUT2D eigenvalue weighted by molar-refractivity contribution is 0.518. The van der Waals surface area contributed by atoms with Crippen LogP contribution >= 0.6 is 0 Å². The monoisotopic (exact) mass is 320 g/mol. The smallest absolute Gasteiger partial charge is 0.0532 e. The van der Waals surface area contributed by atoms with Gasteiger partial charge < -0.3 is 0 Å². The summed E-state index contributed by atoms with van der Waals surface area (Å²) < 4.78 is 0. The van der Waals surface area contributed by atoms with Crippen LogP contribution in [0, 0.1) is 6.92 Å². The van der Waals surface area contributed by atoms with Crippen molar-refractivity contribution in [2.45, 2.75) is 51.1 Å². The van der Waals surface area contributed by atoms with Crippen molar-refractivity contribution in [2.75, 3.05) is 0 Å². The summed E-state index contributed by atoms with van der Waals surface area (Å²) in [5.41, 5.74) is 3.95. The van der Waals surface area contributed by atoms with Gasteiger partial charge in [0.15, 0.2) is 0 Å². The van der Waals surface area contributed by atoms with Gasteiger partial charge in [-0.3, -0.25) is 9.98 Å². The van der Waals surface area contributed by atoms with E-state index in [1.807, 2.05) is 6.07 Å². The third-order valence-corrected chi connectivity index (χ3v) is 4.50. The second kappa shape index (κ2) is 9.82. The molecule has 0 amide bonds. The van der Waals surface area contributed by atoms with Crippen LogP contribution in [-0.4, -0.2) is 25.5 Å². The highest BCUT2D eigenvalue weighted by Crippen LogP contribution is 2.16. The molecule has 0 saturated carbocycles. The van der Waals surface area contributed by atoms with E-state index in [1.165, 1.54) is 16.7 Å². The SMILES string of the molecule is C=NC(CCCC(Cc1ccc(C)cc1)N=C)Cc1ccccc1. The predicted octanol–water partition coefficient (Wildman–Crippen LogP) is 5.09. The Labute approximate surface area is 146 Å². The van der Waals surface area contributed by atoms with Crippen LogP contribution in [0.2, 0.25) is 0 Å². The average molecular weight is 320 g/mol. The Bertz CT molecular complexity index is 616. The second-order valence-corrected chi connectivity index (χ2v) is 6.48. The van der Waals surface area contributed by atoms with Crippen LogP contribution in [0.1, 0.15) is 36.0 Å². The lowest BCUT2D eigenvalue weighted by Crippen LogP contribution is -2.12. The maximum absolute atomic E-state index is 4.32. The molecule has 0 bridgehead atoms. The van der Waals surface area contributed by atoms with Crippen molar-refractivity contribution in [2.24, 2.45) is 9.98 Å². The maximum atomic E-state index is 4.32. The predicted molar refractivity (Wildman–Crippen MR) is 106 cm³/mol. The molecule has 0 heterocycles. The highest BCUT2D eigenvalue weighted by atomic mass is 14.8. The van der Waals surface area contributed by atoms with Crippen molar-refractivity contribution in [3.8, 4) is 0 Å². The van der Waals surface area contributed by atoms with Gasteiger partial charge in [0.1, 0.15) is 0 Å². The highest BCUT2D eigenvalue weighted by Gasteiger charge is 2.11. The van der Waals surface area contributed by atoms with Crippen LogP contribution in [0.4, 0.5) is 0 Å². The summed E-state index contributed by atoms with van der Waals surface area (Å²) in [4.78, 5) is 8.62. The fourth-order valence-corrected chi connectivity index (χ4v) is 2.99. The summed E-state index contributed by atoms with van der Waals surface area (Å²) in [6.45, 7) is 9.65. The van der Waals surface area contributed by atoms with E-state index in [4.69, 9.17) is 0 Å². The Kier molecular flexibility index (Phi) is 7.41. The maximum Gasteiger partial charge on any atom is 0.0532 e. The minimum absolute atomic E-state index is 0.287. The highest BCUT2D eigenvalue weighted by molar-refractivity contribution is 5.27. The number of hydrogen-bond acceptors (Lipinski definition) is 2. The van der Waals surface area contributed by atoms with Crippen molar-refractivity contribution in [3.63, 3.8) is 0 Å². The molecule has 0 aliphatic carbocycles. The van der Waals surface area contributed by atoms with E-state index < -0.39 is 0 Å². The number of aryl methyl sites for hydroxylation is 1. The first-order chi connectivity index (χ1) is 11.7. The van der Waals surface area contributed by atoms with E-state index >= 15 is 0 Å². The van der Waals surface area contributed by atoms with Crippen LogP contribution in [0.3, 0.4) is 0 Å². The van der Waals surface area contributed by atoms with Gasteiger partial charge in [0.05, 0.1) is 12.1 Å². The van der Waals surface area contributed by atoms with Crippen molar-refractivity contribution in [1.82, 2.24) is 0 Å². The average Bonchev–Trinajstić information content (AvgIpc) is 2.62. The molecule has 0 N–H and O–H groups in total. The second-order valence-electron chi connectivity index (χ2n) is 6.48. The van der Waals surface area contributed by atoms with E-state index in [-0.39, 0.29) is 12.1 Å². The standard InChI is InChI=1S/C22H28N2/c1-18-12-14-20(15-13-18)17-22(24-3)11-7-10-21(23-2)16-19-8-5-4-6-9-19/h4-6,8-9,12-15,21-22H,2-3,7,10-11,16-17H2,1H3. The van der Waals surface area contributed by atoms with Crippen LogP contribution in [0.15, 0.2) is 64.6 Å². The molecule has 2 heteroatoms. The van der Waals surface area contributed by atoms with Crippen molar-refractivity contribution >= 4 is 13.4 Å². The topological polar surface area (TPSA) is 24.7 Å². The molecule has 0 aliphatic heterocycles. The minimum Gasteiger partial charge on any atom is -0.297 e. The van der Waals surface area contributed by atoms with E-state index in [0.717, 1.165) is 32.1 Å². The summed E-state index contributed by atoms with van der Waals surface area (Å²) >= 11 is 0. The van der Waals surface area contributed by atoms with E-state index in [1.54, 1.807) is 0 Å². The fraction of sp³-hybridized carbons (Fsp3) is 0.364. The van der Waals surface area contributed by atoms with Crippen molar-refractivity contribution < 1.29 is 0 Å². The summed E-state index contributed by atoms with van der Waals surface area (Å²) in [6, 6.07) is 19.8. The quantitative estimate of drug-likeness (QED) is 0.545. The van der Waals surface area contributed by atoms with Crippen LogP contribution in [0.5, 0.6) is 0 Å². The molecule has 0 aliphatic rings. The van der Waals surface area contributed by atoms with Crippen LogP contribution in [-0.2, 0) is 12.8 Å². The zero-order valence-electron chi connectivity index (χ0n) is 14.7. The van der Waals surface area contributed by atoms with E-state index in [2.05, 4.69) is 78.9 Å². The molecule has 24 heavy (non-hydrogen) atoms. The molecule has 2 nitrogen and oxygen atoms in total. The first kappa shape index (κ1) is 18.1. The van der Waals surface area contributed by atoms with Crippen LogP contribution in [0.25, 0.3) is 0 Å². The molecule has 0 saturated heterocycles. The number of benzene rings is 2. The lowest BCUT2D eigenvalue weighted by Gasteiger charge is -2.15.